The summed E-state index contributed by atoms with van der Waals surface area (Å²) in [5, 5.41) is 8.83. The summed E-state index contributed by atoms with van der Waals surface area (Å²) in [6.45, 7) is 6.46. The number of halogens is 2. The van der Waals surface area contributed by atoms with Crippen molar-refractivity contribution in [1.82, 2.24) is 15.2 Å². The maximum atomic E-state index is 14.4. The van der Waals surface area contributed by atoms with Gasteiger partial charge in [0.1, 0.15) is 17.3 Å². The highest BCUT2D eigenvalue weighted by atomic mass is 19.1. The SMILES string of the molecule is CCCCC(=O)c1cccc([C@]23CC[C@H](c4cc(-c5c(F)cccc5F)nnc42)C3(C)C)n1. The summed E-state index contributed by atoms with van der Waals surface area (Å²) in [4.78, 5) is 17.5. The van der Waals surface area contributed by atoms with Gasteiger partial charge in [0, 0.05) is 6.42 Å². The van der Waals surface area contributed by atoms with E-state index in [2.05, 4.69) is 31.0 Å². The lowest BCUT2D eigenvalue weighted by Gasteiger charge is -2.37. The minimum absolute atomic E-state index is 0.0529. The number of hydrogen-bond acceptors (Lipinski definition) is 4. The standard InChI is InChI=1S/C27H27F2N3O/c1-4-5-11-22(33)20-10-7-12-23(30-20)27-14-13-17(26(27,2)3)16-15-21(31-32-25(16)27)24-18(28)8-6-9-19(24)29/h6-10,12,15,17H,4-5,11,13-14H2,1-3H3/t17-,27-/m1/s1. The molecule has 0 unspecified atom stereocenters. The van der Waals surface area contributed by atoms with E-state index in [1.165, 1.54) is 18.2 Å². The van der Waals surface area contributed by atoms with E-state index in [9.17, 15) is 13.6 Å². The zero-order valence-electron chi connectivity index (χ0n) is 19.2. The third-order valence-electron chi connectivity index (χ3n) is 7.83. The first kappa shape index (κ1) is 21.8. The number of aromatic nitrogens is 3. The number of hydrogen-bond donors (Lipinski definition) is 0. The number of Topliss-reactive ketones (excluding diaryl/α,β-unsaturated/α-hetero) is 1. The van der Waals surface area contributed by atoms with E-state index in [0.717, 1.165) is 42.6 Å². The Bertz CT molecular complexity index is 1240. The predicted molar refractivity (Wildman–Crippen MR) is 122 cm³/mol. The van der Waals surface area contributed by atoms with E-state index in [0.29, 0.717) is 12.1 Å². The molecule has 2 aromatic heterocycles. The van der Waals surface area contributed by atoms with Crippen molar-refractivity contribution in [3.63, 3.8) is 0 Å². The van der Waals surface area contributed by atoms with Crippen LogP contribution in [0.1, 0.15) is 86.2 Å². The normalized spacial score (nSPS) is 22.4. The van der Waals surface area contributed by atoms with Gasteiger partial charge in [-0.1, -0.05) is 39.3 Å². The molecule has 0 N–H and O–H groups in total. The van der Waals surface area contributed by atoms with Crippen LogP contribution in [0.25, 0.3) is 11.3 Å². The predicted octanol–water partition coefficient (Wildman–Crippen LogP) is 6.39. The van der Waals surface area contributed by atoms with E-state index in [-0.39, 0.29) is 28.4 Å². The minimum Gasteiger partial charge on any atom is -0.292 e. The number of rotatable bonds is 6. The van der Waals surface area contributed by atoms with Gasteiger partial charge in [-0.3, -0.25) is 4.79 Å². The van der Waals surface area contributed by atoms with Crippen molar-refractivity contribution in [2.75, 3.05) is 0 Å². The zero-order valence-corrected chi connectivity index (χ0v) is 19.2. The fourth-order valence-corrected chi connectivity index (χ4v) is 6.05. The summed E-state index contributed by atoms with van der Waals surface area (Å²) < 4.78 is 28.9. The molecular formula is C27H27F2N3O. The van der Waals surface area contributed by atoms with Crippen molar-refractivity contribution in [2.24, 2.45) is 5.41 Å². The molecule has 3 aromatic rings. The van der Waals surface area contributed by atoms with Gasteiger partial charge in [-0.25, -0.2) is 13.8 Å². The number of fused-ring (bicyclic) bond motifs is 5. The van der Waals surface area contributed by atoms with Crippen LogP contribution in [0.3, 0.4) is 0 Å². The Morgan fingerprint density at radius 1 is 1.09 bits per heavy atom. The quantitative estimate of drug-likeness (QED) is 0.411. The molecule has 0 spiro atoms. The van der Waals surface area contributed by atoms with Gasteiger partial charge in [0.2, 0.25) is 0 Å². The number of ketones is 1. The minimum atomic E-state index is -0.652. The van der Waals surface area contributed by atoms with Crippen LogP contribution in [0.4, 0.5) is 8.78 Å². The van der Waals surface area contributed by atoms with Gasteiger partial charge in [-0.2, -0.15) is 5.10 Å². The Morgan fingerprint density at radius 2 is 1.82 bits per heavy atom. The smallest absolute Gasteiger partial charge is 0.181 e. The molecule has 0 saturated heterocycles. The summed E-state index contributed by atoms with van der Waals surface area (Å²) >= 11 is 0. The van der Waals surface area contributed by atoms with Crippen LogP contribution in [0, 0.1) is 17.0 Å². The van der Waals surface area contributed by atoms with Crippen molar-refractivity contribution in [1.29, 1.82) is 0 Å². The van der Waals surface area contributed by atoms with Gasteiger partial charge in [-0.15, -0.1) is 5.10 Å². The van der Waals surface area contributed by atoms with E-state index >= 15 is 0 Å². The lowest BCUT2D eigenvalue weighted by molar-refractivity contribution is 0.0974. The average molecular weight is 448 g/mol. The second-order valence-corrected chi connectivity index (χ2v) is 9.78. The maximum absolute atomic E-state index is 14.4. The molecule has 1 fully saturated rings. The van der Waals surface area contributed by atoms with E-state index in [4.69, 9.17) is 4.98 Å². The highest BCUT2D eigenvalue weighted by molar-refractivity contribution is 5.94. The maximum Gasteiger partial charge on any atom is 0.181 e. The molecule has 5 rings (SSSR count). The molecule has 170 valence electrons. The second kappa shape index (κ2) is 7.79. The van der Waals surface area contributed by atoms with Gasteiger partial charge in [0.25, 0.3) is 0 Å². The van der Waals surface area contributed by atoms with Gasteiger partial charge in [0.05, 0.1) is 28.1 Å². The van der Waals surface area contributed by atoms with Crippen LogP contribution in [0.2, 0.25) is 0 Å². The first-order valence-corrected chi connectivity index (χ1v) is 11.6. The Labute approximate surface area is 192 Å². The molecule has 2 aliphatic rings. The van der Waals surface area contributed by atoms with Crippen LogP contribution in [0.5, 0.6) is 0 Å². The fourth-order valence-electron chi connectivity index (χ4n) is 6.05. The number of benzene rings is 1. The summed E-state index contributed by atoms with van der Waals surface area (Å²) in [6, 6.07) is 11.3. The lowest BCUT2D eigenvalue weighted by atomic mass is 9.66. The number of pyridine rings is 1. The highest BCUT2D eigenvalue weighted by Gasteiger charge is 2.65. The number of carbonyl (C=O) groups excluding carboxylic acids is 1. The van der Waals surface area contributed by atoms with Gasteiger partial charge >= 0.3 is 0 Å². The average Bonchev–Trinajstić information content (AvgIpc) is 3.18. The zero-order chi connectivity index (χ0) is 23.4. The number of nitrogens with zero attached hydrogens (tertiary/aromatic N) is 3. The molecule has 2 bridgehead atoms. The molecule has 6 heteroatoms. The van der Waals surface area contributed by atoms with Crippen LogP contribution in [0.15, 0.2) is 42.5 Å². The third-order valence-corrected chi connectivity index (χ3v) is 7.83. The number of carbonyl (C=O) groups is 1. The Morgan fingerprint density at radius 3 is 2.55 bits per heavy atom. The van der Waals surface area contributed by atoms with Crippen LogP contribution < -0.4 is 0 Å². The molecule has 2 aliphatic carbocycles. The van der Waals surface area contributed by atoms with Gasteiger partial charge < -0.3 is 0 Å². The fraction of sp³-hybridized carbons (Fsp3) is 0.407. The molecular weight excluding hydrogens is 420 g/mol. The van der Waals surface area contributed by atoms with E-state index < -0.39 is 17.0 Å². The molecule has 33 heavy (non-hydrogen) atoms. The topological polar surface area (TPSA) is 55.7 Å². The van der Waals surface area contributed by atoms with Crippen LogP contribution >= 0.6 is 0 Å². The largest absolute Gasteiger partial charge is 0.292 e. The van der Waals surface area contributed by atoms with Crippen molar-refractivity contribution >= 4 is 5.78 Å². The Balaban J connectivity index is 1.63. The summed E-state index contributed by atoms with van der Waals surface area (Å²) in [6.07, 6.45) is 4.05. The molecule has 4 nitrogen and oxygen atoms in total. The van der Waals surface area contributed by atoms with Gasteiger partial charge in [0.15, 0.2) is 5.78 Å². The van der Waals surface area contributed by atoms with Crippen LogP contribution in [-0.2, 0) is 5.41 Å². The lowest BCUT2D eigenvalue weighted by Crippen LogP contribution is -2.38. The molecule has 1 aromatic carbocycles. The second-order valence-electron chi connectivity index (χ2n) is 9.78. The molecule has 2 atom stereocenters. The van der Waals surface area contributed by atoms with Crippen molar-refractivity contribution in [3.8, 4) is 11.3 Å². The van der Waals surface area contributed by atoms with Crippen molar-refractivity contribution < 1.29 is 13.6 Å². The molecule has 0 amide bonds. The molecule has 0 aliphatic heterocycles. The van der Waals surface area contributed by atoms with Crippen molar-refractivity contribution in [3.05, 3.63) is 76.7 Å². The first-order valence-electron chi connectivity index (χ1n) is 11.6. The third kappa shape index (κ3) is 3.06. The summed E-state index contributed by atoms with van der Waals surface area (Å²) in [5.74, 6) is -1.09. The van der Waals surface area contributed by atoms with Gasteiger partial charge in [-0.05, 0) is 66.5 Å². The Kier molecular flexibility index (Phi) is 5.15. The van der Waals surface area contributed by atoms with E-state index in [1.807, 2.05) is 12.1 Å². The Hall–Kier alpha value is -3.02. The van der Waals surface area contributed by atoms with Crippen LogP contribution in [-0.4, -0.2) is 21.0 Å². The summed E-state index contributed by atoms with van der Waals surface area (Å²) in [5.41, 5.74) is 2.44. The van der Waals surface area contributed by atoms with E-state index in [1.54, 1.807) is 12.1 Å². The molecule has 0 radical (unpaired) electrons. The summed E-state index contributed by atoms with van der Waals surface area (Å²) in [7, 11) is 0. The monoisotopic (exact) mass is 447 g/mol. The number of unbranched alkanes of at least 4 members (excludes halogenated alkanes) is 1. The highest BCUT2D eigenvalue weighted by Crippen LogP contribution is 2.69. The molecule has 2 heterocycles. The van der Waals surface area contributed by atoms with Crippen molar-refractivity contribution in [2.45, 2.75) is 64.2 Å². The molecule has 1 saturated carbocycles. The first-order chi connectivity index (χ1) is 15.8.